The topological polar surface area (TPSA) is 44.8 Å². The first-order valence-electron chi connectivity index (χ1n) is 7.81. The Balaban J connectivity index is 2.04. The molecule has 2 aliphatic heterocycles. The van der Waals surface area contributed by atoms with Crippen molar-refractivity contribution in [1.29, 1.82) is 0 Å². The molecule has 20 heavy (non-hydrogen) atoms. The summed E-state index contributed by atoms with van der Waals surface area (Å²) in [5.41, 5.74) is -0.613. The van der Waals surface area contributed by atoms with Gasteiger partial charge in [0.15, 0.2) is 0 Å². The Bertz CT molecular complexity index is 350. The number of nitrogens with zero attached hydrogens (tertiary/aromatic N) is 2. The zero-order valence-corrected chi connectivity index (χ0v) is 13.3. The van der Waals surface area contributed by atoms with Gasteiger partial charge in [-0.15, -0.1) is 0 Å². The van der Waals surface area contributed by atoms with E-state index in [0.29, 0.717) is 12.1 Å². The van der Waals surface area contributed by atoms with Crippen LogP contribution in [0.15, 0.2) is 0 Å². The van der Waals surface area contributed by atoms with Crippen molar-refractivity contribution in [1.82, 2.24) is 15.1 Å². The van der Waals surface area contributed by atoms with E-state index >= 15 is 0 Å². The van der Waals surface area contributed by atoms with Gasteiger partial charge in [0.1, 0.15) is 5.54 Å². The number of esters is 1. The highest BCUT2D eigenvalue weighted by molar-refractivity contribution is 5.80. The number of nitrogens with one attached hydrogen (secondary N) is 1. The summed E-state index contributed by atoms with van der Waals surface area (Å²) in [6.45, 7) is 11.2. The molecule has 0 spiro atoms. The quantitative estimate of drug-likeness (QED) is 0.752. The molecular weight excluding hydrogens is 254 g/mol. The Labute approximate surface area is 122 Å². The molecule has 0 aromatic heterocycles. The third kappa shape index (κ3) is 3.15. The van der Waals surface area contributed by atoms with Gasteiger partial charge in [-0.3, -0.25) is 14.6 Å². The van der Waals surface area contributed by atoms with Gasteiger partial charge in [0.05, 0.1) is 7.11 Å². The molecule has 0 amide bonds. The lowest BCUT2D eigenvalue weighted by molar-refractivity contribution is -0.149. The zero-order valence-electron chi connectivity index (χ0n) is 13.3. The summed E-state index contributed by atoms with van der Waals surface area (Å²) in [6.07, 6.45) is 2.60. The number of rotatable bonds is 5. The van der Waals surface area contributed by atoms with Crippen molar-refractivity contribution in [3.8, 4) is 0 Å². The molecule has 2 rings (SSSR count). The molecule has 2 fully saturated rings. The average Bonchev–Trinajstić information content (AvgIpc) is 2.85. The number of hydrogen-bond acceptors (Lipinski definition) is 5. The molecule has 5 heteroatoms. The number of piperazine rings is 1. The van der Waals surface area contributed by atoms with Crippen molar-refractivity contribution in [2.45, 2.75) is 51.2 Å². The lowest BCUT2D eigenvalue weighted by Crippen LogP contribution is -2.63. The molecule has 0 aromatic carbocycles. The van der Waals surface area contributed by atoms with Crippen LogP contribution in [0.3, 0.4) is 0 Å². The third-order valence-corrected chi connectivity index (χ3v) is 4.79. The maximum atomic E-state index is 12.1. The smallest absolute Gasteiger partial charge is 0.327 e. The van der Waals surface area contributed by atoms with Crippen molar-refractivity contribution >= 4 is 5.97 Å². The number of carbonyl (C=O) groups is 1. The van der Waals surface area contributed by atoms with E-state index < -0.39 is 5.54 Å². The highest BCUT2D eigenvalue weighted by Crippen LogP contribution is 2.25. The highest BCUT2D eigenvalue weighted by atomic mass is 16.5. The summed E-state index contributed by atoms with van der Waals surface area (Å²) in [5.74, 6) is -0.166. The summed E-state index contributed by atoms with van der Waals surface area (Å²) in [6, 6.07) is 1.17. The number of ether oxygens (including phenoxy) is 1. The maximum absolute atomic E-state index is 12.1. The minimum atomic E-state index is -0.613. The molecule has 0 bridgehead atoms. The predicted molar refractivity (Wildman–Crippen MR) is 79.7 cm³/mol. The van der Waals surface area contributed by atoms with Crippen LogP contribution in [0, 0.1) is 0 Å². The van der Waals surface area contributed by atoms with Gasteiger partial charge in [0, 0.05) is 31.7 Å². The first kappa shape index (κ1) is 15.7. The average molecular weight is 283 g/mol. The fourth-order valence-electron chi connectivity index (χ4n) is 3.68. The van der Waals surface area contributed by atoms with E-state index in [-0.39, 0.29) is 5.97 Å². The Morgan fingerprint density at radius 2 is 2.20 bits per heavy atom. The van der Waals surface area contributed by atoms with E-state index in [0.717, 1.165) is 26.2 Å². The van der Waals surface area contributed by atoms with E-state index in [4.69, 9.17) is 4.74 Å². The largest absolute Gasteiger partial charge is 0.468 e. The van der Waals surface area contributed by atoms with Crippen LogP contribution in [-0.2, 0) is 9.53 Å². The first-order chi connectivity index (χ1) is 9.50. The van der Waals surface area contributed by atoms with E-state index in [1.807, 2.05) is 13.8 Å². The first-order valence-corrected chi connectivity index (χ1v) is 7.81. The van der Waals surface area contributed by atoms with Crippen LogP contribution in [0.1, 0.15) is 33.6 Å². The Morgan fingerprint density at radius 1 is 1.45 bits per heavy atom. The fraction of sp³-hybridized carbons (Fsp3) is 0.933. The molecule has 0 aliphatic carbocycles. The van der Waals surface area contributed by atoms with E-state index in [2.05, 4.69) is 22.0 Å². The van der Waals surface area contributed by atoms with Crippen molar-refractivity contribution in [3.05, 3.63) is 0 Å². The Morgan fingerprint density at radius 3 is 2.85 bits per heavy atom. The number of hydrogen-bond donors (Lipinski definition) is 1. The second-order valence-corrected chi connectivity index (χ2v) is 6.42. The lowest BCUT2D eigenvalue weighted by Gasteiger charge is -2.45. The monoisotopic (exact) mass is 283 g/mol. The number of fused-ring (bicyclic) bond motifs is 1. The van der Waals surface area contributed by atoms with Gasteiger partial charge in [-0.2, -0.15) is 0 Å². The molecule has 3 unspecified atom stereocenters. The van der Waals surface area contributed by atoms with Crippen LogP contribution in [0.4, 0.5) is 0 Å². The highest BCUT2D eigenvalue weighted by Gasteiger charge is 2.41. The maximum Gasteiger partial charge on any atom is 0.327 e. The summed E-state index contributed by atoms with van der Waals surface area (Å²) in [5, 5.41) is 3.31. The number of likely N-dealkylation sites (N-methyl/N-ethyl adjacent to an activating group) is 1. The van der Waals surface area contributed by atoms with E-state index in [9.17, 15) is 4.79 Å². The number of carbonyl (C=O) groups excluding carboxylic acids is 1. The van der Waals surface area contributed by atoms with Gasteiger partial charge >= 0.3 is 5.97 Å². The van der Waals surface area contributed by atoms with Crippen LogP contribution in [0.5, 0.6) is 0 Å². The minimum absolute atomic E-state index is 0.166. The minimum Gasteiger partial charge on any atom is -0.468 e. The molecule has 2 saturated heterocycles. The summed E-state index contributed by atoms with van der Waals surface area (Å²) >= 11 is 0. The predicted octanol–water partition coefficient (Wildman–Crippen LogP) is 0.696. The van der Waals surface area contributed by atoms with Gasteiger partial charge in [0.2, 0.25) is 0 Å². The van der Waals surface area contributed by atoms with E-state index in [1.54, 1.807) is 0 Å². The normalized spacial score (nSPS) is 30.8. The van der Waals surface area contributed by atoms with Gasteiger partial charge < -0.3 is 10.1 Å². The molecule has 116 valence electrons. The van der Waals surface area contributed by atoms with Gasteiger partial charge in [0.25, 0.3) is 0 Å². The molecule has 5 nitrogen and oxygen atoms in total. The Kier molecular flexibility index (Phi) is 5.04. The van der Waals surface area contributed by atoms with Gasteiger partial charge in [-0.05, 0) is 39.8 Å². The lowest BCUT2D eigenvalue weighted by atomic mass is 9.98. The Hall–Kier alpha value is -0.650. The van der Waals surface area contributed by atoms with Crippen molar-refractivity contribution in [2.24, 2.45) is 0 Å². The number of methoxy groups -OCH3 is 1. The molecule has 0 aromatic rings. The second kappa shape index (κ2) is 6.41. The van der Waals surface area contributed by atoms with Crippen LogP contribution < -0.4 is 5.32 Å². The van der Waals surface area contributed by atoms with Crippen LogP contribution >= 0.6 is 0 Å². The van der Waals surface area contributed by atoms with Crippen molar-refractivity contribution in [2.75, 3.05) is 39.8 Å². The van der Waals surface area contributed by atoms with Crippen LogP contribution in [0.25, 0.3) is 0 Å². The standard InChI is InChI=1S/C15H29N3O2/c1-5-16-15(3,14(19)20-4)11-18-10-13-7-6-8-17(13)9-12(18)2/h12-13,16H,5-11H2,1-4H3. The molecule has 0 saturated carbocycles. The molecule has 3 atom stereocenters. The SMILES string of the molecule is CCNC(C)(CN1CC2CCCN2CC1C)C(=O)OC. The van der Waals surface area contributed by atoms with Crippen molar-refractivity contribution < 1.29 is 9.53 Å². The summed E-state index contributed by atoms with van der Waals surface area (Å²) < 4.78 is 4.99. The summed E-state index contributed by atoms with van der Waals surface area (Å²) in [7, 11) is 1.47. The molecule has 0 radical (unpaired) electrons. The fourth-order valence-corrected chi connectivity index (χ4v) is 3.68. The van der Waals surface area contributed by atoms with E-state index in [1.165, 1.54) is 26.5 Å². The van der Waals surface area contributed by atoms with Crippen LogP contribution in [0.2, 0.25) is 0 Å². The second-order valence-electron chi connectivity index (χ2n) is 6.42. The van der Waals surface area contributed by atoms with Gasteiger partial charge in [-0.25, -0.2) is 0 Å². The zero-order chi connectivity index (χ0) is 14.8. The van der Waals surface area contributed by atoms with Crippen molar-refractivity contribution in [3.63, 3.8) is 0 Å². The molecule has 2 aliphatic rings. The molecule has 2 heterocycles. The summed E-state index contributed by atoms with van der Waals surface area (Å²) in [4.78, 5) is 17.2. The van der Waals surface area contributed by atoms with Crippen LogP contribution in [-0.4, -0.2) is 73.2 Å². The third-order valence-electron chi connectivity index (χ3n) is 4.79. The molecular formula is C15H29N3O2. The molecule has 1 N–H and O–H groups in total. The van der Waals surface area contributed by atoms with Gasteiger partial charge in [-0.1, -0.05) is 6.92 Å².